The summed E-state index contributed by atoms with van der Waals surface area (Å²) in [5.74, 6) is 0.845. The van der Waals surface area contributed by atoms with Gasteiger partial charge in [0.25, 0.3) is 0 Å². The number of methoxy groups -OCH3 is 1. The Morgan fingerprint density at radius 3 is 2.73 bits per heavy atom. The number of fused-ring (bicyclic) bond motifs is 3. The van der Waals surface area contributed by atoms with E-state index in [9.17, 15) is 4.79 Å². The number of hydrogen-bond donors (Lipinski definition) is 3. The maximum absolute atomic E-state index is 12.8. The lowest BCUT2D eigenvalue weighted by Crippen LogP contribution is -2.49. The van der Waals surface area contributed by atoms with Gasteiger partial charge >= 0.3 is 6.03 Å². The Balaban J connectivity index is 1.44. The number of aromatic amines is 1. The first-order chi connectivity index (χ1) is 14.3. The molecule has 156 valence electrons. The molecule has 1 aliphatic rings. The lowest BCUT2D eigenvalue weighted by atomic mass is 9.92. The maximum atomic E-state index is 12.8. The molecule has 4 rings (SSSR count). The monoisotopic (exact) mass is 403 g/mol. The largest absolute Gasteiger partial charge is 0.497 e. The molecule has 0 saturated carbocycles. The van der Waals surface area contributed by atoms with Gasteiger partial charge in [-0.2, -0.15) is 0 Å². The van der Waals surface area contributed by atoms with E-state index in [-0.39, 0.29) is 12.1 Å². The molecular weight excluding hydrogens is 374 g/mol. The number of hydrogen-bond acceptors (Lipinski definition) is 2. The summed E-state index contributed by atoms with van der Waals surface area (Å²) in [5.41, 5.74) is 6.21. The number of rotatable bonds is 5. The molecule has 1 aliphatic carbocycles. The summed E-state index contributed by atoms with van der Waals surface area (Å²) in [6, 6.07) is 14.1. The second-order valence-corrected chi connectivity index (χ2v) is 8.68. The van der Waals surface area contributed by atoms with Gasteiger partial charge < -0.3 is 20.4 Å². The van der Waals surface area contributed by atoms with E-state index in [1.807, 2.05) is 51.1 Å². The fraction of sp³-hybridized carbons (Fsp3) is 0.320. The minimum absolute atomic E-state index is 0.0689. The number of amides is 2. The molecule has 3 aromatic rings. The second-order valence-electron chi connectivity index (χ2n) is 8.68. The first-order valence-electron chi connectivity index (χ1n) is 10.3. The average Bonchev–Trinajstić information content (AvgIpc) is 3.24. The average molecular weight is 404 g/mol. The highest BCUT2D eigenvalue weighted by molar-refractivity contribution is 5.87. The molecule has 0 bridgehead atoms. The summed E-state index contributed by atoms with van der Waals surface area (Å²) >= 11 is 0. The molecule has 5 nitrogen and oxygen atoms in total. The van der Waals surface area contributed by atoms with Crippen LogP contribution in [0.3, 0.4) is 0 Å². The summed E-state index contributed by atoms with van der Waals surface area (Å²) in [5, 5.41) is 7.45. The van der Waals surface area contributed by atoms with E-state index in [0.717, 1.165) is 40.8 Å². The van der Waals surface area contributed by atoms with Crippen LogP contribution >= 0.6 is 0 Å². The Morgan fingerprint density at radius 1 is 1.20 bits per heavy atom. The van der Waals surface area contributed by atoms with Crippen molar-refractivity contribution in [1.29, 1.82) is 0 Å². The molecule has 30 heavy (non-hydrogen) atoms. The van der Waals surface area contributed by atoms with E-state index in [0.29, 0.717) is 0 Å². The van der Waals surface area contributed by atoms with Crippen LogP contribution in [0.15, 0.2) is 49.0 Å². The predicted molar refractivity (Wildman–Crippen MR) is 122 cm³/mol. The summed E-state index contributed by atoms with van der Waals surface area (Å²) in [6.07, 6.45) is 1.60. The zero-order chi connectivity index (χ0) is 21.5. The molecule has 1 aromatic heterocycles. The zero-order valence-electron chi connectivity index (χ0n) is 18.1. The van der Waals surface area contributed by atoms with Gasteiger partial charge in [0, 0.05) is 29.1 Å². The standard InChI is InChI=1S/C25H29N3O2/c1-15(2)16-7-6-8-17(11-16)25(3,4)28-24(29)26-18-12-20-21-14-19(30-5)9-10-22(21)27-23(20)13-18/h6-11,14,18,27H,1,12-13H2,2-5H3,(H2,26,28,29). The van der Waals surface area contributed by atoms with E-state index in [4.69, 9.17) is 4.74 Å². The van der Waals surface area contributed by atoms with Gasteiger partial charge in [-0.15, -0.1) is 0 Å². The number of H-pyrrole nitrogens is 1. The maximum Gasteiger partial charge on any atom is 0.315 e. The fourth-order valence-corrected chi connectivity index (χ4v) is 4.23. The zero-order valence-corrected chi connectivity index (χ0v) is 18.1. The molecule has 2 aromatic carbocycles. The van der Waals surface area contributed by atoms with E-state index >= 15 is 0 Å². The molecule has 0 fully saturated rings. The third-order valence-corrected chi connectivity index (χ3v) is 5.94. The van der Waals surface area contributed by atoms with Gasteiger partial charge in [-0.1, -0.05) is 30.4 Å². The van der Waals surface area contributed by atoms with Gasteiger partial charge in [0.15, 0.2) is 0 Å². The van der Waals surface area contributed by atoms with Crippen molar-refractivity contribution in [2.45, 2.75) is 45.2 Å². The molecule has 2 amide bonds. The fourth-order valence-electron chi connectivity index (χ4n) is 4.23. The van der Waals surface area contributed by atoms with Crippen LogP contribution in [0.25, 0.3) is 16.5 Å². The minimum Gasteiger partial charge on any atom is -0.497 e. The summed E-state index contributed by atoms with van der Waals surface area (Å²) in [4.78, 5) is 16.3. The van der Waals surface area contributed by atoms with Gasteiger partial charge in [-0.3, -0.25) is 0 Å². The van der Waals surface area contributed by atoms with Crippen molar-refractivity contribution in [2.24, 2.45) is 0 Å². The number of nitrogens with one attached hydrogen (secondary N) is 3. The smallest absolute Gasteiger partial charge is 0.315 e. The highest BCUT2D eigenvalue weighted by Crippen LogP contribution is 2.32. The molecule has 0 spiro atoms. The number of allylic oxidation sites excluding steroid dienone is 1. The van der Waals surface area contributed by atoms with Crippen LogP contribution in [0, 0.1) is 0 Å². The molecule has 0 saturated heterocycles. The number of aromatic nitrogens is 1. The minimum atomic E-state index is -0.497. The van der Waals surface area contributed by atoms with Crippen molar-refractivity contribution in [2.75, 3.05) is 7.11 Å². The van der Waals surface area contributed by atoms with Gasteiger partial charge in [-0.05, 0) is 68.1 Å². The Hall–Kier alpha value is -3.21. The number of carbonyl (C=O) groups excluding carboxylic acids is 1. The molecule has 1 unspecified atom stereocenters. The number of benzene rings is 2. The molecule has 1 atom stereocenters. The first-order valence-corrected chi connectivity index (χ1v) is 10.3. The quantitative estimate of drug-likeness (QED) is 0.567. The van der Waals surface area contributed by atoms with Crippen LogP contribution in [-0.4, -0.2) is 24.2 Å². The van der Waals surface area contributed by atoms with Gasteiger partial charge in [0.05, 0.1) is 12.6 Å². The molecule has 0 aliphatic heterocycles. The van der Waals surface area contributed by atoms with E-state index < -0.39 is 5.54 Å². The lowest BCUT2D eigenvalue weighted by molar-refractivity contribution is 0.226. The SMILES string of the molecule is C=C(C)c1cccc(C(C)(C)NC(=O)NC2Cc3[nH]c4ccc(OC)cc4c3C2)c1. The summed E-state index contributed by atoms with van der Waals surface area (Å²) < 4.78 is 5.36. The van der Waals surface area contributed by atoms with E-state index in [2.05, 4.69) is 34.3 Å². The number of ether oxygens (including phenoxy) is 1. The van der Waals surface area contributed by atoms with Crippen LogP contribution in [0.5, 0.6) is 5.75 Å². The molecule has 0 radical (unpaired) electrons. The highest BCUT2D eigenvalue weighted by Gasteiger charge is 2.29. The van der Waals surface area contributed by atoms with Crippen LogP contribution in [0.4, 0.5) is 4.79 Å². The first kappa shape index (κ1) is 20.1. The van der Waals surface area contributed by atoms with Gasteiger partial charge in [0.1, 0.15) is 5.75 Å². The van der Waals surface area contributed by atoms with Crippen molar-refractivity contribution in [1.82, 2.24) is 15.6 Å². The van der Waals surface area contributed by atoms with Crippen LogP contribution < -0.4 is 15.4 Å². The van der Waals surface area contributed by atoms with Crippen molar-refractivity contribution in [3.63, 3.8) is 0 Å². The van der Waals surface area contributed by atoms with Crippen LogP contribution in [0.1, 0.15) is 43.2 Å². The molecular formula is C25H29N3O2. The predicted octanol–water partition coefficient (Wildman–Crippen LogP) is 4.91. The number of carbonyl (C=O) groups is 1. The van der Waals surface area contributed by atoms with Crippen molar-refractivity contribution in [3.8, 4) is 5.75 Å². The van der Waals surface area contributed by atoms with Crippen LogP contribution in [-0.2, 0) is 18.4 Å². The summed E-state index contributed by atoms with van der Waals surface area (Å²) in [6.45, 7) is 10.0. The molecule has 3 N–H and O–H groups in total. The van der Waals surface area contributed by atoms with Crippen molar-refractivity contribution >= 4 is 22.5 Å². The lowest BCUT2D eigenvalue weighted by Gasteiger charge is -2.28. The third kappa shape index (κ3) is 3.80. The third-order valence-electron chi connectivity index (χ3n) is 5.94. The highest BCUT2D eigenvalue weighted by atomic mass is 16.5. The Morgan fingerprint density at radius 2 is 2.00 bits per heavy atom. The van der Waals surface area contributed by atoms with E-state index in [1.54, 1.807) is 7.11 Å². The Bertz CT molecular complexity index is 1130. The van der Waals surface area contributed by atoms with Gasteiger partial charge in [-0.25, -0.2) is 4.79 Å². The normalized spacial score (nSPS) is 15.7. The topological polar surface area (TPSA) is 66.2 Å². The molecule has 1 heterocycles. The van der Waals surface area contributed by atoms with Crippen LogP contribution in [0.2, 0.25) is 0 Å². The van der Waals surface area contributed by atoms with E-state index in [1.165, 1.54) is 16.6 Å². The van der Waals surface area contributed by atoms with Crippen molar-refractivity contribution < 1.29 is 9.53 Å². The molecule has 5 heteroatoms. The van der Waals surface area contributed by atoms with Crippen molar-refractivity contribution in [3.05, 3.63) is 71.4 Å². The Labute approximate surface area is 177 Å². The Kier molecular flexibility index (Phi) is 5.06. The van der Waals surface area contributed by atoms with Gasteiger partial charge in [0.2, 0.25) is 0 Å². The summed E-state index contributed by atoms with van der Waals surface area (Å²) in [7, 11) is 1.68. The second kappa shape index (κ2) is 7.56. The number of urea groups is 1.